The Morgan fingerprint density at radius 1 is 0.758 bits per heavy atom. The van der Waals surface area contributed by atoms with Crippen molar-refractivity contribution < 1.29 is 14.8 Å². The molecule has 2 aromatic carbocycles. The first-order valence-corrected chi connectivity index (χ1v) is 12.6. The maximum Gasteiger partial charge on any atom is 0.335 e. The second-order valence-corrected chi connectivity index (χ2v) is 8.98. The summed E-state index contributed by atoms with van der Waals surface area (Å²) < 4.78 is 0. The van der Waals surface area contributed by atoms with Crippen molar-refractivity contribution in [1.29, 1.82) is 0 Å². The van der Waals surface area contributed by atoms with E-state index in [1.54, 1.807) is 18.2 Å². The Balaban J connectivity index is 1.71. The Morgan fingerprint density at radius 3 is 1.73 bits per heavy atom. The van der Waals surface area contributed by atoms with E-state index in [4.69, 9.17) is 5.11 Å². The van der Waals surface area contributed by atoms with E-state index < -0.39 is 5.97 Å². The molecule has 0 heterocycles. The van der Waals surface area contributed by atoms with Crippen LogP contribution in [0, 0.1) is 10.1 Å². The zero-order valence-electron chi connectivity index (χ0n) is 20.1. The van der Waals surface area contributed by atoms with Crippen LogP contribution in [0.25, 0.3) is 11.1 Å². The largest absolute Gasteiger partial charge is 0.478 e. The minimum Gasteiger partial charge on any atom is -0.478 e. The van der Waals surface area contributed by atoms with Crippen LogP contribution >= 0.6 is 0 Å². The molecule has 0 aliphatic heterocycles. The quantitative estimate of drug-likeness (QED) is 0.148. The summed E-state index contributed by atoms with van der Waals surface area (Å²) in [5.41, 5.74) is 2.62. The van der Waals surface area contributed by atoms with E-state index >= 15 is 0 Å². The smallest absolute Gasteiger partial charge is 0.335 e. The molecule has 180 valence electrons. The summed E-state index contributed by atoms with van der Waals surface area (Å²) in [5, 5.41) is 20.6. The fourth-order valence-corrected chi connectivity index (χ4v) is 4.26. The first-order valence-electron chi connectivity index (χ1n) is 12.6. The molecule has 5 nitrogen and oxygen atoms in total. The summed E-state index contributed by atoms with van der Waals surface area (Å²) in [6.07, 6.45) is 17.4. The van der Waals surface area contributed by atoms with Crippen molar-refractivity contribution in [2.75, 3.05) is 0 Å². The van der Waals surface area contributed by atoms with Gasteiger partial charge in [-0.3, -0.25) is 10.1 Å². The fraction of sp³-hybridized carbons (Fsp3) is 0.536. The molecule has 0 radical (unpaired) electrons. The standard InChI is InChI=1S/C28H39NO4/c1-2-3-4-5-6-7-8-9-10-11-12-13-14-15-24-18-21-26(22-27(24)29(32)33)23-16-19-25(20-17-23)28(30)31/h16-22H,2-15H2,1H3,(H,30,31). The molecule has 33 heavy (non-hydrogen) atoms. The van der Waals surface area contributed by atoms with Crippen LogP contribution in [-0.4, -0.2) is 16.0 Å². The lowest BCUT2D eigenvalue weighted by Crippen LogP contribution is -1.97. The molecule has 0 aromatic heterocycles. The number of nitro groups is 1. The van der Waals surface area contributed by atoms with Gasteiger partial charge in [-0.2, -0.15) is 0 Å². The topological polar surface area (TPSA) is 80.4 Å². The first kappa shape index (κ1) is 26.6. The molecule has 0 aliphatic rings. The van der Waals surface area contributed by atoms with Crippen LogP contribution in [0.5, 0.6) is 0 Å². The van der Waals surface area contributed by atoms with E-state index in [1.807, 2.05) is 12.1 Å². The van der Waals surface area contributed by atoms with Crippen molar-refractivity contribution in [2.45, 2.75) is 96.8 Å². The monoisotopic (exact) mass is 453 g/mol. The lowest BCUT2D eigenvalue weighted by molar-refractivity contribution is -0.385. The normalized spacial score (nSPS) is 10.9. The summed E-state index contributed by atoms with van der Waals surface area (Å²) >= 11 is 0. The van der Waals surface area contributed by atoms with Crippen molar-refractivity contribution in [3.05, 3.63) is 63.7 Å². The molecule has 0 amide bonds. The molecule has 0 bridgehead atoms. The lowest BCUT2D eigenvalue weighted by atomic mass is 9.98. The summed E-state index contributed by atoms with van der Waals surface area (Å²) in [5.74, 6) is -0.985. The number of carboxylic acid groups (broad SMARTS) is 1. The summed E-state index contributed by atoms with van der Waals surface area (Å²) in [7, 11) is 0. The summed E-state index contributed by atoms with van der Waals surface area (Å²) in [6, 6.07) is 11.8. The number of hydrogen-bond acceptors (Lipinski definition) is 3. The third-order valence-electron chi connectivity index (χ3n) is 6.30. The van der Waals surface area contributed by atoms with E-state index in [9.17, 15) is 14.9 Å². The second kappa shape index (κ2) is 15.2. The lowest BCUT2D eigenvalue weighted by Gasteiger charge is -2.07. The van der Waals surface area contributed by atoms with Crippen LogP contribution in [0.3, 0.4) is 0 Å². The van der Waals surface area contributed by atoms with Gasteiger partial charge in [-0.25, -0.2) is 4.79 Å². The molecular weight excluding hydrogens is 414 g/mol. The van der Waals surface area contributed by atoms with Crippen LogP contribution in [0.15, 0.2) is 42.5 Å². The number of aromatic carboxylic acids is 1. The van der Waals surface area contributed by atoms with Gasteiger partial charge in [0.2, 0.25) is 0 Å². The molecule has 0 fully saturated rings. The highest BCUT2D eigenvalue weighted by atomic mass is 16.6. The van der Waals surface area contributed by atoms with E-state index in [0.29, 0.717) is 6.42 Å². The van der Waals surface area contributed by atoms with Crippen LogP contribution in [-0.2, 0) is 6.42 Å². The number of carboxylic acids is 1. The molecule has 1 N–H and O–H groups in total. The van der Waals surface area contributed by atoms with Crippen LogP contribution in [0.1, 0.15) is 106 Å². The number of carbonyl (C=O) groups is 1. The van der Waals surface area contributed by atoms with Crippen LogP contribution in [0.4, 0.5) is 5.69 Å². The van der Waals surface area contributed by atoms with Crippen LogP contribution < -0.4 is 0 Å². The highest BCUT2D eigenvalue weighted by molar-refractivity contribution is 5.88. The number of hydrogen-bond donors (Lipinski definition) is 1. The first-order chi connectivity index (χ1) is 16.0. The Bertz CT molecular complexity index is 861. The van der Waals surface area contributed by atoms with Crippen molar-refractivity contribution in [3.8, 4) is 11.1 Å². The maximum absolute atomic E-state index is 11.6. The number of rotatable bonds is 17. The molecule has 0 saturated heterocycles. The van der Waals surface area contributed by atoms with Gasteiger partial charge in [-0.1, -0.05) is 108 Å². The fourth-order valence-electron chi connectivity index (χ4n) is 4.26. The van der Waals surface area contributed by atoms with Gasteiger partial charge in [0.05, 0.1) is 10.5 Å². The van der Waals surface area contributed by atoms with Gasteiger partial charge in [0.25, 0.3) is 5.69 Å². The maximum atomic E-state index is 11.6. The molecule has 2 rings (SSSR count). The third-order valence-corrected chi connectivity index (χ3v) is 6.30. The zero-order valence-corrected chi connectivity index (χ0v) is 20.1. The number of nitro benzene ring substituents is 1. The van der Waals surface area contributed by atoms with Crippen molar-refractivity contribution in [1.82, 2.24) is 0 Å². The molecule has 0 atom stereocenters. The van der Waals surface area contributed by atoms with Crippen LogP contribution in [0.2, 0.25) is 0 Å². The van der Waals surface area contributed by atoms with Gasteiger partial charge in [0, 0.05) is 11.6 Å². The SMILES string of the molecule is CCCCCCCCCCCCCCCc1ccc(-c2ccc(C(=O)O)cc2)cc1[N+](=O)[O-]. The summed E-state index contributed by atoms with van der Waals surface area (Å²) in [6.45, 7) is 2.25. The Hall–Kier alpha value is -2.69. The van der Waals surface area contributed by atoms with Crippen molar-refractivity contribution in [2.24, 2.45) is 0 Å². The predicted octanol–water partition coefficient (Wildman–Crippen LogP) is 8.59. The predicted molar refractivity (Wildman–Crippen MR) is 135 cm³/mol. The second-order valence-electron chi connectivity index (χ2n) is 8.98. The molecule has 0 unspecified atom stereocenters. The van der Waals surface area contributed by atoms with E-state index in [0.717, 1.165) is 29.5 Å². The van der Waals surface area contributed by atoms with Crippen molar-refractivity contribution >= 4 is 11.7 Å². The zero-order chi connectivity index (χ0) is 23.9. The molecular formula is C28H39NO4. The average Bonchev–Trinajstić information content (AvgIpc) is 2.82. The average molecular weight is 454 g/mol. The number of aryl methyl sites for hydroxylation is 1. The highest BCUT2D eigenvalue weighted by Gasteiger charge is 2.15. The molecule has 5 heteroatoms. The minimum atomic E-state index is -0.985. The van der Waals surface area contributed by atoms with E-state index in [-0.39, 0.29) is 16.2 Å². The third kappa shape index (κ3) is 9.77. The Kier molecular flexibility index (Phi) is 12.2. The molecule has 0 spiro atoms. The van der Waals surface area contributed by atoms with Crippen molar-refractivity contribution in [3.63, 3.8) is 0 Å². The Labute approximate surface area is 198 Å². The Morgan fingerprint density at radius 2 is 1.24 bits per heavy atom. The number of nitrogens with zero attached hydrogens (tertiary/aromatic N) is 1. The molecule has 2 aromatic rings. The molecule has 0 aliphatic carbocycles. The van der Waals surface area contributed by atoms with Gasteiger partial charge in [0.15, 0.2) is 0 Å². The van der Waals surface area contributed by atoms with E-state index in [1.165, 1.54) is 82.8 Å². The van der Waals surface area contributed by atoms with Gasteiger partial charge in [-0.15, -0.1) is 0 Å². The van der Waals surface area contributed by atoms with Gasteiger partial charge in [0.1, 0.15) is 0 Å². The van der Waals surface area contributed by atoms with Gasteiger partial charge < -0.3 is 5.11 Å². The number of unbranched alkanes of at least 4 members (excludes halogenated alkanes) is 12. The summed E-state index contributed by atoms with van der Waals surface area (Å²) in [4.78, 5) is 22.3. The van der Waals surface area contributed by atoms with Gasteiger partial charge in [-0.05, 0) is 36.1 Å². The van der Waals surface area contributed by atoms with E-state index in [2.05, 4.69) is 6.92 Å². The van der Waals surface area contributed by atoms with Gasteiger partial charge >= 0.3 is 5.97 Å². The highest BCUT2D eigenvalue weighted by Crippen LogP contribution is 2.29. The molecule has 0 saturated carbocycles. The minimum absolute atomic E-state index is 0.147. The number of benzene rings is 2.